The maximum Gasteiger partial charge on any atom is 0.236 e. The van der Waals surface area contributed by atoms with Gasteiger partial charge in [-0.15, -0.1) is 10.2 Å². The van der Waals surface area contributed by atoms with Crippen molar-refractivity contribution in [1.29, 1.82) is 0 Å². The number of para-hydroxylation sites is 2. The van der Waals surface area contributed by atoms with Gasteiger partial charge in [-0.2, -0.15) is 0 Å². The van der Waals surface area contributed by atoms with Crippen molar-refractivity contribution in [2.75, 3.05) is 6.54 Å². The number of benzene rings is 1. The fraction of sp³-hybridized carbons (Fsp3) is 0.467. The molecule has 106 valence electrons. The van der Waals surface area contributed by atoms with Gasteiger partial charge >= 0.3 is 0 Å². The van der Waals surface area contributed by atoms with Crippen molar-refractivity contribution < 1.29 is 0 Å². The van der Waals surface area contributed by atoms with E-state index in [1.54, 1.807) is 0 Å². The second kappa shape index (κ2) is 5.63. The van der Waals surface area contributed by atoms with Crippen LogP contribution in [0.2, 0.25) is 0 Å². The van der Waals surface area contributed by atoms with Gasteiger partial charge in [-0.05, 0) is 38.4 Å². The molecule has 0 aliphatic heterocycles. The molecule has 0 bridgehead atoms. The van der Waals surface area contributed by atoms with Crippen LogP contribution < -0.4 is 5.73 Å². The van der Waals surface area contributed by atoms with Gasteiger partial charge in [0.25, 0.3) is 0 Å². The minimum atomic E-state index is 0.768. The molecule has 5 heteroatoms. The number of unbranched alkanes of at least 4 members (excludes halogenated alkanes) is 2. The van der Waals surface area contributed by atoms with Crippen LogP contribution in [0.25, 0.3) is 16.8 Å². The highest BCUT2D eigenvalue weighted by atomic mass is 15.3. The van der Waals surface area contributed by atoms with Gasteiger partial charge in [0.15, 0.2) is 0 Å². The second-order valence-electron chi connectivity index (χ2n) is 5.08. The number of aromatic nitrogens is 4. The van der Waals surface area contributed by atoms with Crippen molar-refractivity contribution in [2.45, 2.75) is 39.2 Å². The van der Waals surface area contributed by atoms with E-state index in [0.717, 1.165) is 50.4 Å². The molecular formula is C15H21N5. The number of fused-ring (bicyclic) bond motifs is 3. The molecule has 5 nitrogen and oxygen atoms in total. The number of rotatable bonds is 6. The molecule has 20 heavy (non-hydrogen) atoms. The summed E-state index contributed by atoms with van der Waals surface area (Å²) in [5.74, 6) is 2.00. The smallest absolute Gasteiger partial charge is 0.236 e. The normalized spacial score (nSPS) is 11.7. The van der Waals surface area contributed by atoms with Crippen molar-refractivity contribution >= 4 is 16.8 Å². The molecular weight excluding hydrogens is 250 g/mol. The average molecular weight is 271 g/mol. The highest BCUT2D eigenvalue weighted by molar-refractivity contribution is 5.80. The van der Waals surface area contributed by atoms with Gasteiger partial charge in [-0.3, -0.25) is 4.40 Å². The van der Waals surface area contributed by atoms with E-state index in [4.69, 9.17) is 5.73 Å². The van der Waals surface area contributed by atoms with E-state index >= 15 is 0 Å². The lowest BCUT2D eigenvalue weighted by molar-refractivity contribution is 0.667. The minimum absolute atomic E-state index is 0.768. The lowest BCUT2D eigenvalue weighted by Gasteiger charge is -1.99. The first-order valence-electron chi connectivity index (χ1n) is 7.38. The molecule has 2 heterocycles. The zero-order valence-corrected chi connectivity index (χ0v) is 11.9. The first-order chi connectivity index (χ1) is 9.86. The fourth-order valence-electron chi connectivity index (χ4n) is 2.80. The molecule has 1 aromatic carbocycles. The van der Waals surface area contributed by atoms with Gasteiger partial charge in [-0.1, -0.05) is 18.6 Å². The first kappa shape index (κ1) is 13.1. The van der Waals surface area contributed by atoms with Gasteiger partial charge in [0.05, 0.1) is 11.0 Å². The second-order valence-corrected chi connectivity index (χ2v) is 5.08. The quantitative estimate of drug-likeness (QED) is 0.700. The Labute approximate surface area is 118 Å². The summed E-state index contributed by atoms with van der Waals surface area (Å²) in [6.45, 7) is 3.81. The maximum absolute atomic E-state index is 5.54. The topological polar surface area (TPSA) is 61.1 Å². The maximum atomic E-state index is 5.54. The summed E-state index contributed by atoms with van der Waals surface area (Å²) in [4.78, 5) is 0. The standard InChI is InChI=1S/C15H21N5/c1-2-19-12-8-5-6-9-13(12)20-14(17-18-15(19)20)10-4-3-7-11-16/h5-6,8-9H,2-4,7,10-11,16H2,1H3. The summed E-state index contributed by atoms with van der Waals surface area (Å²) in [7, 11) is 0. The minimum Gasteiger partial charge on any atom is -0.330 e. The molecule has 0 aliphatic rings. The van der Waals surface area contributed by atoms with Gasteiger partial charge < -0.3 is 10.3 Å². The molecule has 0 atom stereocenters. The van der Waals surface area contributed by atoms with E-state index in [0.29, 0.717) is 0 Å². The SMILES string of the molecule is CCn1c2ccccc2n2c(CCCCCN)nnc12. The summed E-state index contributed by atoms with van der Waals surface area (Å²) in [6, 6.07) is 8.43. The van der Waals surface area contributed by atoms with Crippen LogP contribution in [0.5, 0.6) is 0 Å². The Kier molecular flexibility index (Phi) is 3.69. The van der Waals surface area contributed by atoms with Crippen LogP contribution >= 0.6 is 0 Å². The summed E-state index contributed by atoms with van der Waals surface area (Å²) in [6.07, 6.45) is 4.30. The number of hydrogen-bond acceptors (Lipinski definition) is 3. The van der Waals surface area contributed by atoms with E-state index in [9.17, 15) is 0 Å². The monoisotopic (exact) mass is 271 g/mol. The highest BCUT2D eigenvalue weighted by Crippen LogP contribution is 2.21. The molecule has 0 aliphatic carbocycles. The first-order valence-corrected chi connectivity index (χ1v) is 7.38. The van der Waals surface area contributed by atoms with Crippen LogP contribution in [0, 0.1) is 0 Å². The zero-order chi connectivity index (χ0) is 13.9. The van der Waals surface area contributed by atoms with Gasteiger partial charge in [0.1, 0.15) is 5.82 Å². The van der Waals surface area contributed by atoms with Crippen molar-refractivity contribution in [3.63, 3.8) is 0 Å². The molecule has 0 spiro atoms. The summed E-state index contributed by atoms with van der Waals surface area (Å²) >= 11 is 0. The Hall–Kier alpha value is -1.88. The lowest BCUT2D eigenvalue weighted by atomic mass is 10.2. The molecule has 0 saturated heterocycles. The third-order valence-electron chi connectivity index (χ3n) is 3.79. The van der Waals surface area contributed by atoms with Crippen LogP contribution in [0.15, 0.2) is 24.3 Å². The van der Waals surface area contributed by atoms with Gasteiger partial charge in [0.2, 0.25) is 5.78 Å². The van der Waals surface area contributed by atoms with Gasteiger partial charge in [-0.25, -0.2) is 0 Å². The summed E-state index contributed by atoms with van der Waals surface area (Å²) < 4.78 is 4.41. The molecule has 0 radical (unpaired) electrons. The van der Waals surface area contributed by atoms with E-state index in [-0.39, 0.29) is 0 Å². The Bertz CT molecular complexity index is 710. The predicted molar refractivity (Wildman–Crippen MR) is 80.8 cm³/mol. The van der Waals surface area contributed by atoms with Crippen molar-refractivity contribution in [3.8, 4) is 0 Å². The molecule has 0 fully saturated rings. The largest absolute Gasteiger partial charge is 0.330 e. The third kappa shape index (κ3) is 2.08. The average Bonchev–Trinajstić information content (AvgIpc) is 3.01. The molecule has 2 N–H and O–H groups in total. The van der Waals surface area contributed by atoms with Crippen molar-refractivity contribution in [2.24, 2.45) is 5.73 Å². The zero-order valence-electron chi connectivity index (χ0n) is 11.9. The molecule has 3 rings (SSSR count). The number of hydrogen-bond donors (Lipinski definition) is 1. The number of imidazole rings is 1. The molecule has 0 unspecified atom stereocenters. The molecule has 0 amide bonds. The van der Waals surface area contributed by atoms with E-state index in [2.05, 4.69) is 50.4 Å². The van der Waals surface area contributed by atoms with Gasteiger partial charge in [0, 0.05) is 13.0 Å². The Morgan fingerprint density at radius 2 is 1.85 bits per heavy atom. The van der Waals surface area contributed by atoms with E-state index < -0.39 is 0 Å². The molecule has 3 aromatic rings. The number of nitrogens with zero attached hydrogens (tertiary/aromatic N) is 4. The molecule has 0 saturated carbocycles. The fourth-order valence-corrected chi connectivity index (χ4v) is 2.80. The van der Waals surface area contributed by atoms with Crippen LogP contribution in [0.1, 0.15) is 32.0 Å². The Morgan fingerprint density at radius 3 is 2.60 bits per heavy atom. The van der Waals surface area contributed by atoms with Crippen LogP contribution in [-0.4, -0.2) is 25.7 Å². The van der Waals surface area contributed by atoms with Crippen molar-refractivity contribution in [1.82, 2.24) is 19.2 Å². The lowest BCUT2D eigenvalue weighted by Crippen LogP contribution is -1.99. The number of aryl methyl sites for hydroxylation is 2. The summed E-state index contributed by atoms with van der Waals surface area (Å²) in [5, 5.41) is 8.75. The number of nitrogens with two attached hydrogens (primary N) is 1. The third-order valence-corrected chi connectivity index (χ3v) is 3.79. The van der Waals surface area contributed by atoms with E-state index in [1.165, 1.54) is 11.0 Å². The Morgan fingerprint density at radius 1 is 1.05 bits per heavy atom. The van der Waals surface area contributed by atoms with E-state index in [1.807, 2.05) is 0 Å². The molecule has 2 aromatic heterocycles. The van der Waals surface area contributed by atoms with Crippen molar-refractivity contribution in [3.05, 3.63) is 30.1 Å². The highest BCUT2D eigenvalue weighted by Gasteiger charge is 2.14. The summed E-state index contributed by atoms with van der Waals surface area (Å²) in [5.41, 5.74) is 7.96. The predicted octanol–water partition coefficient (Wildman–Crippen LogP) is 2.38. The van der Waals surface area contributed by atoms with Crippen LogP contribution in [0.4, 0.5) is 0 Å². The van der Waals surface area contributed by atoms with Crippen LogP contribution in [-0.2, 0) is 13.0 Å². The van der Waals surface area contributed by atoms with Crippen LogP contribution in [0.3, 0.4) is 0 Å². The Balaban J connectivity index is 2.02.